The van der Waals surface area contributed by atoms with E-state index in [1.165, 1.54) is 16.8 Å². The summed E-state index contributed by atoms with van der Waals surface area (Å²) in [5.74, 6) is 0.125. The second-order valence-electron chi connectivity index (χ2n) is 4.74. The summed E-state index contributed by atoms with van der Waals surface area (Å²) in [5.41, 5.74) is 4.91. The van der Waals surface area contributed by atoms with E-state index in [0.717, 1.165) is 0 Å². The normalized spacial score (nSPS) is 35.0. The Balaban J connectivity index is 1.87. The van der Waals surface area contributed by atoms with E-state index in [1.54, 1.807) is 0 Å². The number of aliphatic hydroxyl groups excluding tert-OH is 1. The highest BCUT2D eigenvalue weighted by molar-refractivity contribution is 5.23. The summed E-state index contributed by atoms with van der Waals surface area (Å²) in [6, 6.07) is 1.49. The molecule has 0 bridgehead atoms. The standard InChI is InChI=1S/C12H17N3O6/c1-2-18-12-20-8-6(5-16)19-10(9(8)21-12)15-4-3-7(13)14-11(15)17/h3-4,6,8-10,12,16H,2,5H2,1H3,(H2,13,14,17)/t6-,8-,9-,10-,12?/m1/s1. The van der Waals surface area contributed by atoms with Crippen LogP contribution in [0.5, 0.6) is 0 Å². The fourth-order valence-corrected chi connectivity index (χ4v) is 2.51. The third-order valence-corrected chi connectivity index (χ3v) is 3.43. The quantitative estimate of drug-likeness (QED) is 0.713. The molecular weight excluding hydrogens is 282 g/mol. The summed E-state index contributed by atoms with van der Waals surface area (Å²) >= 11 is 0. The van der Waals surface area contributed by atoms with Crippen molar-refractivity contribution in [1.29, 1.82) is 0 Å². The van der Waals surface area contributed by atoms with Crippen molar-refractivity contribution in [3.63, 3.8) is 0 Å². The maximum absolute atomic E-state index is 11.9. The molecule has 2 aliphatic rings. The first kappa shape index (κ1) is 14.4. The Hall–Kier alpha value is -1.52. The van der Waals surface area contributed by atoms with E-state index in [9.17, 15) is 9.90 Å². The van der Waals surface area contributed by atoms with Crippen LogP contribution in [0.25, 0.3) is 0 Å². The summed E-state index contributed by atoms with van der Waals surface area (Å²) in [7, 11) is 0. The lowest BCUT2D eigenvalue weighted by molar-refractivity contribution is -0.266. The van der Waals surface area contributed by atoms with Crippen LogP contribution in [-0.2, 0) is 18.9 Å². The molecule has 1 aromatic rings. The maximum Gasteiger partial charge on any atom is 0.351 e. The molecule has 9 nitrogen and oxygen atoms in total. The molecule has 2 fully saturated rings. The average Bonchev–Trinajstić information content (AvgIpc) is 2.98. The van der Waals surface area contributed by atoms with Crippen molar-refractivity contribution < 1.29 is 24.1 Å². The predicted molar refractivity (Wildman–Crippen MR) is 69.1 cm³/mol. The van der Waals surface area contributed by atoms with Gasteiger partial charge in [-0.1, -0.05) is 0 Å². The molecule has 3 rings (SSSR count). The third kappa shape index (κ3) is 2.54. The van der Waals surface area contributed by atoms with Crippen molar-refractivity contribution in [3.8, 4) is 0 Å². The van der Waals surface area contributed by atoms with E-state index < -0.39 is 36.7 Å². The van der Waals surface area contributed by atoms with Gasteiger partial charge in [0.25, 0.3) is 6.48 Å². The Bertz CT molecular complexity index is 564. The maximum atomic E-state index is 11.9. The molecule has 3 heterocycles. The number of hydrogen-bond acceptors (Lipinski definition) is 8. The lowest BCUT2D eigenvalue weighted by atomic mass is 10.1. The van der Waals surface area contributed by atoms with Gasteiger partial charge in [0.05, 0.1) is 6.61 Å². The van der Waals surface area contributed by atoms with Crippen molar-refractivity contribution in [2.75, 3.05) is 18.9 Å². The molecule has 0 saturated carbocycles. The number of nitrogen functional groups attached to an aromatic ring is 1. The van der Waals surface area contributed by atoms with Gasteiger partial charge in [0.15, 0.2) is 6.23 Å². The van der Waals surface area contributed by atoms with Gasteiger partial charge in [0, 0.05) is 12.8 Å². The average molecular weight is 299 g/mol. The third-order valence-electron chi connectivity index (χ3n) is 3.43. The highest BCUT2D eigenvalue weighted by Crippen LogP contribution is 2.38. The SMILES string of the molecule is CCOC1O[C@@H]2[C@H](O1)[C@@H](CO)O[C@H]2n1ccc(N)nc1=O. The Morgan fingerprint density at radius 3 is 2.86 bits per heavy atom. The number of ether oxygens (including phenoxy) is 4. The molecular formula is C12H17N3O6. The largest absolute Gasteiger partial charge is 0.394 e. The summed E-state index contributed by atoms with van der Waals surface area (Å²) in [6.07, 6.45) is -0.959. The summed E-state index contributed by atoms with van der Waals surface area (Å²) in [4.78, 5) is 15.6. The number of nitrogens with zero attached hydrogens (tertiary/aromatic N) is 2. The smallest absolute Gasteiger partial charge is 0.351 e. The molecule has 1 aromatic heterocycles. The number of aromatic nitrogens is 2. The second-order valence-corrected chi connectivity index (χ2v) is 4.74. The van der Waals surface area contributed by atoms with Crippen LogP contribution in [0.1, 0.15) is 13.2 Å². The van der Waals surface area contributed by atoms with Crippen LogP contribution < -0.4 is 11.4 Å². The predicted octanol–water partition coefficient (Wildman–Crippen LogP) is -1.18. The topological polar surface area (TPSA) is 118 Å². The minimum absolute atomic E-state index is 0.125. The van der Waals surface area contributed by atoms with Crippen LogP contribution in [0.2, 0.25) is 0 Å². The van der Waals surface area contributed by atoms with Crippen LogP contribution in [0.3, 0.4) is 0 Å². The second kappa shape index (κ2) is 5.70. The molecule has 21 heavy (non-hydrogen) atoms. The number of aliphatic hydroxyl groups is 1. The van der Waals surface area contributed by atoms with E-state index >= 15 is 0 Å². The van der Waals surface area contributed by atoms with Gasteiger partial charge in [0.2, 0.25) is 0 Å². The Labute approximate surface area is 120 Å². The van der Waals surface area contributed by atoms with Gasteiger partial charge in [0.1, 0.15) is 24.1 Å². The zero-order valence-corrected chi connectivity index (χ0v) is 11.4. The van der Waals surface area contributed by atoms with Gasteiger partial charge in [-0.15, -0.1) is 0 Å². The van der Waals surface area contributed by atoms with Gasteiger partial charge >= 0.3 is 5.69 Å². The molecule has 116 valence electrons. The molecule has 2 aliphatic heterocycles. The van der Waals surface area contributed by atoms with Crippen LogP contribution in [0, 0.1) is 0 Å². The number of hydrogen-bond donors (Lipinski definition) is 2. The minimum Gasteiger partial charge on any atom is -0.394 e. The molecule has 0 aliphatic carbocycles. The van der Waals surface area contributed by atoms with Crippen molar-refractivity contribution in [2.45, 2.75) is 37.9 Å². The Morgan fingerprint density at radius 1 is 1.43 bits per heavy atom. The molecule has 9 heteroatoms. The lowest BCUT2D eigenvalue weighted by Crippen LogP contribution is -2.34. The van der Waals surface area contributed by atoms with E-state index in [4.69, 9.17) is 24.7 Å². The summed E-state index contributed by atoms with van der Waals surface area (Å²) < 4.78 is 23.3. The van der Waals surface area contributed by atoms with Crippen molar-refractivity contribution in [1.82, 2.24) is 9.55 Å². The zero-order chi connectivity index (χ0) is 15.0. The number of nitrogens with two attached hydrogens (primary N) is 1. The Morgan fingerprint density at radius 2 is 2.19 bits per heavy atom. The summed E-state index contributed by atoms with van der Waals surface area (Å²) in [6.45, 7) is 1.15. The fourth-order valence-electron chi connectivity index (χ4n) is 2.51. The van der Waals surface area contributed by atoms with Gasteiger partial charge < -0.3 is 29.8 Å². The molecule has 0 radical (unpaired) electrons. The van der Waals surface area contributed by atoms with Crippen molar-refractivity contribution in [2.24, 2.45) is 0 Å². The molecule has 5 atom stereocenters. The van der Waals surface area contributed by atoms with E-state index in [2.05, 4.69) is 4.98 Å². The van der Waals surface area contributed by atoms with Crippen LogP contribution in [0.4, 0.5) is 5.82 Å². The fraction of sp³-hybridized carbons (Fsp3) is 0.667. The van der Waals surface area contributed by atoms with E-state index in [-0.39, 0.29) is 12.4 Å². The van der Waals surface area contributed by atoms with Gasteiger partial charge in [-0.2, -0.15) is 4.98 Å². The molecule has 0 amide bonds. The number of rotatable bonds is 4. The zero-order valence-electron chi connectivity index (χ0n) is 11.4. The Kier molecular flexibility index (Phi) is 3.91. The minimum atomic E-state index is -0.831. The van der Waals surface area contributed by atoms with Crippen LogP contribution in [0.15, 0.2) is 17.1 Å². The number of fused-ring (bicyclic) bond motifs is 1. The van der Waals surface area contributed by atoms with Crippen LogP contribution >= 0.6 is 0 Å². The molecule has 0 spiro atoms. The molecule has 2 saturated heterocycles. The molecule has 3 N–H and O–H groups in total. The van der Waals surface area contributed by atoms with Gasteiger partial charge in [-0.3, -0.25) is 4.57 Å². The lowest BCUT2D eigenvalue weighted by Gasteiger charge is -2.20. The van der Waals surface area contributed by atoms with Crippen LogP contribution in [-0.4, -0.2) is 52.7 Å². The number of anilines is 1. The van der Waals surface area contributed by atoms with Crippen molar-refractivity contribution in [3.05, 3.63) is 22.7 Å². The highest BCUT2D eigenvalue weighted by atomic mass is 16.9. The highest BCUT2D eigenvalue weighted by Gasteiger charge is 2.53. The molecule has 0 aromatic carbocycles. The van der Waals surface area contributed by atoms with E-state index in [0.29, 0.717) is 6.61 Å². The van der Waals surface area contributed by atoms with Gasteiger partial charge in [-0.25, -0.2) is 4.79 Å². The summed E-state index contributed by atoms with van der Waals surface area (Å²) in [5, 5.41) is 9.38. The van der Waals surface area contributed by atoms with Gasteiger partial charge in [-0.05, 0) is 13.0 Å². The first-order valence-electron chi connectivity index (χ1n) is 6.67. The monoisotopic (exact) mass is 299 g/mol. The first-order valence-corrected chi connectivity index (χ1v) is 6.67. The molecule has 1 unspecified atom stereocenters. The van der Waals surface area contributed by atoms with E-state index in [1.807, 2.05) is 6.92 Å². The first-order chi connectivity index (χ1) is 10.1. The van der Waals surface area contributed by atoms with Crippen molar-refractivity contribution >= 4 is 5.82 Å².